The Morgan fingerprint density at radius 3 is 2.42 bits per heavy atom. The van der Waals surface area contributed by atoms with Crippen LogP contribution in [0.2, 0.25) is 0 Å². The fraction of sp³-hybridized carbons (Fsp3) is 0.760. The number of rotatable bonds is 5. The van der Waals surface area contributed by atoms with E-state index in [1.165, 1.54) is 69.8 Å². The number of hydrogen-bond acceptors (Lipinski definition) is 1. The van der Waals surface area contributed by atoms with Crippen LogP contribution >= 0.6 is 0 Å². The van der Waals surface area contributed by atoms with Gasteiger partial charge in [-0.3, -0.25) is 0 Å². The first-order chi connectivity index (χ1) is 12.8. The van der Waals surface area contributed by atoms with Crippen LogP contribution in [-0.2, 0) is 24.0 Å². The third-order valence-corrected chi connectivity index (χ3v) is 7.78. The SMILES string of the molecule is CCCOC1CCC2CC(C3CCc4cc(CC)ccc4C3)CCC2C1. The number of fused-ring (bicyclic) bond motifs is 2. The summed E-state index contributed by atoms with van der Waals surface area (Å²) in [5.74, 6) is 3.90. The Kier molecular flexibility index (Phi) is 6.03. The van der Waals surface area contributed by atoms with E-state index in [4.69, 9.17) is 4.74 Å². The molecule has 3 aliphatic rings. The fourth-order valence-electron chi connectivity index (χ4n) is 6.21. The van der Waals surface area contributed by atoms with Gasteiger partial charge in [0.1, 0.15) is 0 Å². The summed E-state index contributed by atoms with van der Waals surface area (Å²) in [5.41, 5.74) is 4.84. The van der Waals surface area contributed by atoms with Crippen molar-refractivity contribution >= 4 is 0 Å². The van der Waals surface area contributed by atoms with Crippen LogP contribution in [0.4, 0.5) is 0 Å². The Balaban J connectivity index is 1.33. The summed E-state index contributed by atoms with van der Waals surface area (Å²) in [6, 6.07) is 7.30. The molecule has 0 amide bonds. The number of benzene rings is 1. The van der Waals surface area contributed by atoms with E-state index in [1.807, 2.05) is 0 Å². The first-order valence-electron chi connectivity index (χ1n) is 11.5. The lowest BCUT2D eigenvalue weighted by Gasteiger charge is -2.45. The van der Waals surface area contributed by atoms with Crippen LogP contribution in [0.25, 0.3) is 0 Å². The maximum Gasteiger partial charge on any atom is 0.0578 e. The second-order valence-corrected chi connectivity index (χ2v) is 9.36. The molecule has 0 bridgehead atoms. The van der Waals surface area contributed by atoms with E-state index in [1.54, 1.807) is 11.1 Å². The highest BCUT2D eigenvalue weighted by Gasteiger charge is 2.38. The minimum atomic E-state index is 0.571. The summed E-state index contributed by atoms with van der Waals surface area (Å²) >= 11 is 0. The molecule has 2 saturated carbocycles. The van der Waals surface area contributed by atoms with Gasteiger partial charge in [-0.15, -0.1) is 0 Å². The van der Waals surface area contributed by atoms with E-state index in [0.717, 1.165) is 36.7 Å². The molecule has 0 heterocycles. The number of aryl methyl sites for hydroxylation is 2. The molecule has 0 radical (unpaired) electrons. The lowest BCUT2D eigenvalue weighted by Crippen LogP contribution is -2.37. The van der Waals surface area contributed by atoms with Crippen LogP contribution in [0.15, 0.2) is 18.2 Å². The summed E-state index contributed by atoms with van der Waals surface area (Å²) in [7, 11) is 0. The molecule has 144 valence electrons. The zero-order chi connectivity index (χ0) is 17.9. The zero-order valence-corrected chi connectivity index (χ0v) is 17.0. The maximum absolute atomic E-state index is 6.08. The van der Waals surface area contributed by atoms with Gasteiger partial charge in [0.15, 0.2) is 0 Å². The second kappa shape index (κ2) is 8.46. The Bertz CT molecular complexity index is 592. The Hall–Kier alpha value is -0.820. The molecule has 3 aliphatic carbocycles. The van der Waals surface area contributed by atoms with E-state index in [2.05, 4.69) is 32.0 Å². The van der Waals surface area contributed by atoms with Crippen LogP contribution in [0.1, 0.15) is 81.9 Å². The Morgan fingerprint density at radius 1 is 0.846 bits per heavy atom. The van der Waals surface area contributed by atoms with Crippen molar-refractivity contribution in [2.45, 2.75) is 90.6 Å². The van der Waals surface area contributed by atoms with Gasteiger partial charge in [-0.1, -0.05) is 32.0 Å². The summed E-state index contributed by atoms with van der Waals surface area (Å²) in [6.07, 6.45) is 15.6. The quantitative estimate of drug-likeness (QED) is 0.597. The minimum Gasteiger partial charge on any atom is -0.378 e. The van der Waals surface area contributed by atoms with Crippen molar-refractivity contribution in [1.29, 1.82) is 0 Å². The van der Waals surface area contributed by atoms with Gasteiger partial charge in [0, 0.05) is 6.61 Å². The zero-order valence-electron chi connectivity index (χ0n) is 17.0. The minimum absolute atomic E-state index is 0.571. The third kappa shape index (κ3) is 4.03. The molecule has 26 heavy (non-hydrogen) atoms. The topological polar surface area (TPSA) is 9.23 Å². The van der Waals surface area contributed by atoms with Crippen molar-refractivity contribution in [3.8, 4) is 0 Å². The number of ether oxygens (including phenoxy) is 1. The molecule has 4 rings (SSSR count). The standard InChI is InChI=1S/C25H38O/c1-3-13-26-25-12-11-23-16-22(9-10-24(23)17-25)21-8-7-19-14-18(4-2)5-6-20(19)15-21/h5-6,14,21-25H,3-4,7-13,15-17H2,1-2H3. The summed E-state index contributed by atoms with van der Waals surface area (Å²) in [5, 5.41) is 0. The van der Waals surface area contributed by atoms with E-state index in [9.17, 15) is 0 Å². The molecule has 1 aromatic carbocycles. The fourth-order valence-corrected chi connectivity index (χ4v) is 6.21. The highest BCUT2D eigenvalue weighted by molar-refractivity contribution is 5.34. The van der Waals surface area contributed by atoms with Crippen LogP contribution in [-0.4, -0.2) is 12.7 Å². The average Bonchev–Trinajstić information content (AvgIpc) is 2.70. The van der Waals surface area contributed by atoms with E-state index < -0.39 is 0 Å². The van der Waals surface area contributed by atoms with Crippen molar-refractivity contribution in [3.05, 3.63) is 34.9 Å². The lowest BCUT2D eigenvalue weighted by molar-refractivity contribution is -0.0236. The molecule has 0 spiro atoms. The monoisotopic (exact) mass is 354 g/mol. The van der Waals surface area contributed by atoms with Crippen molar-refractivity contribution in [1.82, 2.24) is 0 Å². The molecule has 0 aromatic heterocycles. The highest BCUT2D eigenvalue weighted by Crippen LogP contribution is 2.47. The van der Waals surface area contributed by atoms with Gasteiger partial charge in [-0.25, -0.2) is 0 Å². The maximum atomic E-state index is 6.08. The van der Waals surface area contributed by atoms with Crippen LogP contribution < -0.4 is 0 Å². The van der Waals surface area contributed by atoms with Crippen LogP contribution in [0.5, 0.6) is 0 Å². The smallest absolute Gasteiger partial charge is 0.0578 e. The first kappa shape index (κ1) is 18.5. The molecule has 5 unspecified atom stereocenters. The summed E-state index contributed by atoms with van der Waals surface area (Å²) in [4.78, 5) is 0. The van der Waals surface area contributed by atoms with Gasteiger partial charge in [0.05, 0.1) is 6.10 Å². The van der Waals surface area contributed by atoms with Gasteiger partial charge >= 0.3 is 0 Å². The third-order valence-electron chi connectivity index (χ3n) is 7.78. The van der Waals surface area contributed by atoms with Crippen LogP contribution in [0, 0.1) is 23.7 Å². The lowest BCUT2D eigenvalue weighted by atomic mass is 9.62. The molecule has 5 atom stereocenters. The molecular formula is C25H38O. The van der Waals surface area contributed by atoms with Crippen LogP contribution in [0.3, 0.4) is 0 Å². The van der Waals surface area contributed by atoms with Crippen molar-refractivity contribution in [2.75, 3.05) is 6.61 Å². The predicted octanol–water partition coefficient (Wildman–Crippen LogP) is 6.37. The largest absolute Gasteiger partial charge is 0.378 e. The number of hydrogen-bond donors (Lipinski definition) is 0. The van der Waals surface area contributed by atoms with Crippen molar-refractivity contribution in [2.24, 2.45) is 23.7 Å². The first-order valence-corrected chi connectivity index (χ1v) is 11.5. The molecule has 1 nitrogen and oxygen atoms in total. The van der Waals surface area contributed by atoms with Gasteiger partial charge in [-0.2, -0.15) is 0 Å². The normalized spacial score (nSPS) is 34.2. The molecular weight excluding hydrogens is 316 g/mol. The molecule has 0 aliphatic heterocycles. The second-order valence-electron chi connectivity index (χ2n) is 9.36. The summed E-state index contributed by atoms with van der Waals surface area (Å²) < 4.78 is 6.08. The van der Waals surface area contributed by atoms with Gasteiger partial charge in [0.2, 0.25) is 0 Å². The summed E-state index contributed by atoms with van der Waals surface area (Å²) in [6.45, 7) is 5.46. The molecule has 0 saturated heterocycles. The van der Waals surface area contributed by atoms with E-state index >= 15 is 0 Å². The average molecular weight is 355 g/mol. The van der Waals surface area contributed by atoms with Crippen molar-refractivity contribution in [3.63, 3.8) is 0 Å². The highest BCUT2D eigenvalue weighted by atomic mass is 16.5. The van der Waals surface area contributed by atoms with E-state index in [0.29, 0.717) is 6.10 Å². The molecule has 0 N–H and O–H groups in total. The van der Waals surface area contributed by atoms with Gasteiger partial charge in [-0.05, 0) is 111 Å². The van der Waals surface area contributed by atoms with Gasteiger partial charge in [0.25, 0.3) is 0 Å². The molecule has 1 aromatic rings. The molecule has 1 heteroatoms. The van der Waals surface area contributed by atoms with Gasteiger partial charge < -0.3 is 4.74 Å². The van der Waals surface area contributed by atoms with Crippen molar-refractivity contribution < 1.29 is 4.74 Å². The molecule has 2 fully saturated rings. The van der Waals surface area contributed by atoms with E-state index in [-0.39, 0.29) is 0 Å². The Morgan fingerprint density at radius 2 is 1.62 bits per heavy atom. The Labute approximate surface area is 160 Å². The predicted molar refractivity (Wildman–Crippen MR) is 110 cm³/mol.